The molecule has 0 radical (unpaired) electrons. The van der Waals surface area contributed by atoms with Crippen molar-refractivity contribution in [3.63, 3.8) is 0 Å². The van der Waals surface area contributed by atoms with Gasteiger partial charge in [-0.1, -0.05) is 26.0 Å². The van der Waals surface area contributed by atoms with Gasteiger partial charge in [0.25, 0.3) is 0 Å². The molecule has 0 fully saturated rings. The smallest absolute Gasteiger partial charge is 0.243 e. The maximum atomic E-state index is 13.2. The first-order chi connectivity index (χ1) is 12.8. The topological polar surface area (TPSA) is 78.5 Å². The Morgan fingerprint density at radius 1 is 1.11 bits per heavy atom. The van der Waals surface area contributed by atoms with Crippen LogP contribution in [-0.2, 0) is 14.8 Å². The fraction of sp³-hybridized carbons (Fsp3) is 0.316. The summed E-state index contributed by atoms with van der Waals surface area (Å²) in [5.74, 6) is -0.803. The monoisotopic (exact) mass is 393 g/mol. The van der Waals surface area contributed by atoms with Gasteiger partial charge >= 0.3 is 0 Å². The highest BCUT2D eigenvalue weighted by atomic mass is 32.2. The van der Waals surface area contributed by atoms with Crippen molar-refractivity contribution in [1.82, 2.24) is 4.31 Å². The Morgan fingerprint density at radius 3 is 2.44 bits per heavy atom. The fourth-order valence-corrected chi connectivity index (χ4v) is 4.10. The largest absolute Gasteiger partial charge is 0.376 e. The summed E-state index contributed by atoms with van der Waals surface area (Å²) >= 11 is 0. The first-order valence-electron chi connectivity index (χ1n) is 8.68. The van der Waals surface area contributed by atoms with E-state index in [0.717, 1.165) is 5.56 Å². The number of aryl methyl sites for hydroxylation is 1. The molecule has 0 heterocycles. The van der Waals surface area contributed by atoms with Crippen molar-refractivity contribution in [1.29, 1.82) is 0 Å². The van der Waals surface area contributed by atoms with Crippen molar-refractivity contribution < 1.29 is 17.6 Å². The molecule has 2 rings (SSSR count). The molecule has 0 aliphatic rings. The molecule has 0 aliphatic heterocycles. The number of carbonyl (C=O) groups is 1. The van der Waals surface area contributed by atoms with Gasteiger partial charge in [-0.05, 0) is 42.8 Å². The summed E-state index contributed by atoms with van der Waals surface area (Å²) < 4.78 is 39.9. The predicted octanol–water partition coefficient (Wildman–Crippen LogP) is 3.22. The summed E-state index contributed by atoms with van der Waals surface area (Å²) in [5.41, 5.74) is 1.72. The lowest BCUT2D eigenvalue weighted by atomic mass is 10.2. The van der Waals surface area contributed by atoms with Crippen LogP contribution in [-0.4, -0.2) is 38.3 Å². The number of halogens is 1. The molecule has 146 valence electrons. The zero-order valence-corrected chi connectivity index (χ0v) is 16.4. The van der Waals surface area contributed by atoms with E-state index in [9.17, 15) is 17.6 Å². The van der Waals surface area contributed by atoms with Crippen LogP contribution in [0.5, 0.6) is 0 Å². The van der Waals surface area contributed by atoms with Crippen LogP contribution in [0.1, 0.15) is 19.4 Å². The summed E-state index contributed by atoms with van der Waals surface area (Å²) in [7, 11) is -3.58. The predicted molar refractivity (Wildman–Crippen MR) is 105 cm³/mol. The van der Waals surface area contributed by atoms with Crippen LogP contribution in [0.2, 0.25) is 0 Å². The van der Waals surface area contributed by atoms with Crippen molar-refractivity contribution in [2.24, 2.45) is 0 Å². The molecule has 0 aliphatic carbocycles. The molecule has 0 saturated carbocycles. The highest BCUT2D eigenvalue weighted by molar-refractivity contribution is 7.89. The number of hydrogen-bond donors (Lipinski definition) is 2. The van der Waals surface area contributed by atoms with E-state index in [0.29, 0.717) is 24.5 Å². The lowest BCUT2D eigenvalue weighted by Crippen LogP contribution is -2.30. The average molecular weight is 393 g/mol. The maximum absolute atomic E-state index is 13.2. The molecule has 0 atom stereocenters. The maximum Gasteiger partial charge on any atom is 0.243 e. The van der Waals surface area contributed by atoms with Crippen molar-refractivity contribution in [2.75, 3.05) is 30.3 Å². The second-order valence-electron chi connectivity index (χ2n) is 5.98. The van der Waals surface area contributed by atoms with E-state index in [-0.39, 0.29) is 17.3 Å². The summed E-state index contributed by atoms with van der Waals surface area (Å²) in [6, 6.07) is 10.4. The Morgan fingerprint density at radius 2 is 1.81 bits per heavy atom. The molecule has 27 heavy (non-hydrogen) atoms. The third-order valence-corrected chi connectivity index (χ3v) is 6.15. The zero-order chi connectivity index (χ0) is 20.0. The summed E-state index contributed by atoms with van der Waals surface area (Å²) in [4.78, 5) is 12.2. The molecule has 0 aromatic heterocycles. The average Bonchev–Trinajstić information content (AvgIpc) is 2.61. The number of sulfonamides is 1. The lowest BCUT2D eigenvalue weighted by Gasteiger charge is -2.19. The van der Waals surface area contributed by atoms with Crippen LogP contribution in [0, 0.1) is 12.7 Å². The molecule has 2 aromatic rings. The van der Waals surface area contributed by atoms with Crippen LogP contribution in [0.3, 0.4) is 0 Å². The minimum Gasteiger partial charge on any atom is -0.376 e. The number of benzene rings is 2. The molecular formula is C19H24FN3O3S. The van der Waals surface area contributed by atoms with Crippen LogP contribution in [0.25, 0.3) is 0 Å². The Labute approximate surface area is 159 Å². The van der Waals surface area contributed by atoms with Gasteiger partial charge in [-0.15, -0.1) is 0 Å². The van der Waals surface area contributed by atoms with Crippen LogP contribution in [0.4, 0.5) is 15.8 Å². The van der Waals surface area contributed by atoms with Crippen molar-refractivity contribution >= 4 is 27.3 Å². The van der Waals surface area contributed by atoms with Crippen molar-refractivity contribution in [3.8, 4) is 0 Å². The van der Waals surface area contributed by atoms with Crippen molar-refractivity contribution in [2.45, 2.75) is 25.7 Å². The third kappa shape index (κ3) is 5.27. The van der Waals surface area contributed by atoms with Gasteiger partial charge in [0.15, 0.2) is 0 Å². The van der Waals surface area contributed by atoms with E-state index in [4.69, 9.17) is 0 Å². The minimum atomic E-state index is -3.58. The Hall–Kier alpha value is -2.45. The Kier molecular flexibility index (Phi) is 6.92. The Bertz CT molecular complexity index is 912. The number of anilines is 2. The highest BCUT2D eigenvalue weighted by Crippen LogP contribution is 2.23. The molecule has 0 bridgehead atoms. The third-order valence-electron chi connectivity index (χ3n) is 4.10. The number of rotatable bonds is 8. The van der Waals surface area contributed by atoms with Crippen LogP contribution >= 0.6 is 0 Å². The van der Waals surface area contributed by atoms with Gasteiger partial charge in [0, 0.05) is 24.5 Å². The summed E-state index contributed by atoms with van der Waals surface area (Å²) in [5, 5.41) is 5.53. The number of amides is 1. The highest BCUT2D eigenvalue weighted by Gasteiger charge is 2.22. The lowest BCUT2D eigenvalue weighted by molar-refractivity contribution is -0.114. The van der Waals surface area contributed by atoms with E-state index in [1.54, 1.807) is 32.0 Å². The second-order valence-corrected chi connectivity index (χ2v) is 7.92. The van der Waals surface area contributed by atoms with E-state index in [2.05, 4.69) is 10.6 Å². The molecular weight excluding hydrogens is 369 g/mol. The van der Waals surface area contributed by atoms with Gasteiger partial charge in [-0.2, -0.15) is 4.31 Å². The number of carbonyl (C=O) groups excluding carboxylic acids is 1. The van der Waals surface area contributed by atoms with E-state index in [1.165, 1.54) is 28.6 Å². The molecule has 8 heteroatoms. The van der Waals surface area contributed by atoms with Gasteiger partial charge in [0.2, 0.25) is 15.9 Å². The molecule has 2 N–H and O–H groups in total. The minimum absolute atomic E-state index is 0.0773. The molecule has 0 spiro atoms. The van der Waals surface area contributed by atoms with Crippen LogP contribution < -0.4 is 10.6 Å². The molecule has 0 saturated heterocycles. The van der Waals surface area contributed by atoms with Crippen molar-refractivity contribution in [3.05, 3.63) is 53.8 Å². The SMILES string of the molecule is CCN(CC)S(=O)(=O)c1ccc(C)c(NCC(=O)Nc2cccc(F)c2)c1. The van der Waals surface area contributed by atoms with Gasteiger partial charge in [-0.3, -0.25) is 4.79 Å². The second kappa shape index (κ2) is 8.96. The standard InChI is InChI=1S/C19H24FN3O3S/c1-4-23(5-2)27(25,26)17-10-9-14(3)18(12-17)21-13-19(24)22-16-8-6-7-15(20)11-16/h6-12,21H,4-5,13H2,1-3H3,(H,22,24). The normalized spacial score (nSPS) is 11.4. The van der Waals surface area contributed by atoms with Gasteiger partial charge in [-0.25, -0.2) is 12.8 Å². The van der Waals surface area contributed by atoms with Gasteiger partial charge < -0.3 is 10.6 Å². The number of hydrogen-bond acceptors (Lipinski definition) is 4. The zero-order valence-electron chi connectivity index (χ0n) is 15.6. The van der Waals surface area contributed by atoms with E-state index >= 15 is 0 Å². The van der Waals surface area contributed by atoms with Gasteiger partial charge in [0.1, 0.15) is 5.82 Å². The van der Waals surface area contributed by atoms with Crippen LogP contribution in [0.15, 0.2) is 47.4 Å². The molecule has 1 amide bonds. The summed E-state index contributed by atoms with van der Waals surface area (Å²) in [6.07, 6.45) is 0. The number of nitrogens with zero attached hydrogens (tertiary/aromatic N) is 1. The van der Waals surface area contributed by atoms with E-state index < -0.39 is 15.8 Å². The van der Waals surface area contributed by atoms with E-state index in [1.807, 2.05) is 6.92 Å². The molecule has 2 aromatic carbocycles. The summed E-state index contributed by atoms with van der Waals surface area (Å²) in [6.45, 7) is 6.07. The molecule has 6 nitrogen and oxygen atoms in total. The Balaban J connectivity index is 2.11. The fourth-order valence-electron chi connectivity index (χ4n) is 2.61. The van der Waals surface area contributed by atoms with Gasteiger partial charge in [0.05, 0.1) is 11.4 Å². The first kappa shape index (κ1) is 20.9. The number of nitrogens with one attached hydrogen (secondary N) is 2. The first-order valence-corrected chi connectivity index (χ1v) is 10.1. The quantitative estimate of drug-likeness (QED) is 0.722. The molecule has 0 unspecified atom stereocenters.